The summed E-state index contributed by atoms with van der Waals surface area (Å²) >= 11 is 0. The molecule has 0 saturated carbocycles. The van der Waals surface area contributed by atoms with Crippen molar-refractivity contribution >= 4 is 10.0 Å². The van der Waals surface area contributed by atoms with Gasteiger partial charge in [-0.2, -0.15) is 0 Å². The maximum absolute atomic E-state index is 11.4. The van der Waals surface area contributed by atoms with Gasteiger partial charge in [-0.3, -0.25) is 0 Å². The highest BCUT2D eigenvalue weighted by Crippen LogP contribution is 2.12. The molecule has 0 aliphatic rings. The minimum absolute atomic E-state index is 0.102. The lowest BCUT2D eigenvalue weighted by atomic mass is 10.1. The summed E-state index contributed by atoms with van der Waals surface area (Å²) in [6.07, 6.45) is 0.912. The molecule has 0 aliphatic carbocycles. The molecule has 0 heterocycles. The molecule has 0 radical (unpaired) electrons. The topological polar surface area (TPSA) is 37.4 Å². The molecule has 0 N–H and O–H groups in total. The number of nitrogens with zero attached hydrogens (tertiary/aromatic N) is 1. The van der Waals surface area contributed by atoms with E-state index in [9.17, 15) is 8.42 Å². The van der Waals surface area contributed by atoms with Crippen molar-refractivity contribution < 1.29 is 8.42 Å². The van der Waals surface area contributed by atoms with Gasteiger partial charge in [-0.25, -0.2) is 12.7 Å². The third-order valence-corrected chi connectivity index (χ3v) is 4.20. The van der Waals surface area contributed by atoms with Crippen LogP contribution < -0.4 is 0 Å². The second-order valence-electron chi connectivity index (χ2n) is 3.90. The van der Waals surface area contributed by atoms with Crippen molar-refractivity contribution in [2.75, 3.05) is 12.8 Å². The molecule has 0 bridgehead atoms. The summed E-state index contributed by atoms with van der Waals surface area (Å²) in [5.41, 5.74) is 0. The summed E-state index contributed by atoms with van der Waals surface area (Å²) in [7, 11) is -1.35. The number of hydrogen-bond acceptors (Lipinski definition) is 2. The summed E-state index contributed by atoms with van der Waals surface area (Å²) in [5, 5.41) is 0. The fourth-order valence-electron chi connectivity index (χ4n) is 1.31. The highest BCUT2D eigenvalue weighted by atomic mass is 32.2. The standard InChI is InChI=1S/C9H21NO2S/c1-6-13(11,12)10(5)9(4)7-8(2)3/h8-9H,6-7H2,1-5H3. The lowest BCUT2D eigenvalue weighted by Gasteiger charge is -2.24. The molecule has 0 aromatic heterocycles. The first-order valence-corrected chi connectivity index (χ1v) is 6.37. The third kappa shape index (κ3) is 4.09. The molecule has 80 valence electrons. The lowest BCUT2D eigenvalue weighted by Crippen LogP contribution is -2.36. The van der Waals surface area contributed by atoms with Crippen LogP contribution in [0.15, 0.2) is 0 Å². The molecule has 1 atom stereocenters. The Hall–Kier alpha value is -0.0900. The summed E-state index contributed by atoms with van der Waals surface area (Å²) in [5.74, 6) is 0.718. The molecule has 1 unspecified atom stereocenters. The van der Waals surface area contributed by atoms with Crippen molar-refractivity contribution in [1.82, 2.24) is 4.31 Å². The third-order valence-electron chi connectivity index (χ3n) is 2.24. The van der Waals surface area contributed by atoms with Gasteiger partial charge in [0.15, 0.2) is 0 Å². The zero-order valence-electron chi connectivity index (χ0n) is 9.24. The van der Waals surface area contributed by atoms with E-state index in [1.165, 1.54) is 4.31 Å². The van der Waals surface area contributed by atoms with Crippen LogP contribution in [0.2, 0.25) is 0 Å². The highest BCUT2D eigenvalue weighted by Gasteiger charge is 2.21. The van der Waals surface area contributed by atoms with E-state index in [2.05, 4.69) is 13.8 Å². The predicted molar refractivity (Wildman–Crippen MR) is 56.1 cm³/mol. The van der Waals surface area contributed by atoms with Gasteiger partial charge in [0.25, 0.3) is 0 Å². The summed E-state index contributed by atoms with van der Waals surface area (Å²) in [6.45, 7) is 7.83. The Morgan fingerprint density at radius 3 is 2.00 bits per heavy atom. The zero-order valence-corrected chi connectivity index (χ0v) is 10.1. The van der Waals surface area contributed by atoms with E-state index in [-0.39, 0.29) is 11.8 Å². The van der Waals surface area contributed by atoms with E-state index in [0.717, 1.165) is 6.42 Å². The van der Waals surface area contributed by atoms with E-state index in [0.29, 0.717) is 5.92 Å². The van der Waals surface area contributed by atoms with Gasteiger partial charge in [-0.1, -0.05) is 13.8 Å². The van der Waals surface area contributed by atoms with Gasteiger partial charge in [-0.15, -0.1) is 0 Å². The molecule has 0 saturated heterocycles. The van der Waals surface area contributed by atoms with Crippen molar-refractivity contribution in [3.8, 4) is 0 Å². The number of rotatable bonds is 5. The van der Waals surface area contributed by atoms with Gasteiger partial charge in [0, 0.05) is 13.1 Å². The SMILES string of the molecule is CCS(=O)(=O)N(C)C(C)CC(C)C. The first kappa shape index (κ1) is 12.9. The van der Waals surface area contributed by atoms with Crippen LogP contribution in [0.1, 0.15) is 34.1 Å². The van der Waals surface area contributed by atoms with E-state index in [4.69, 9.17) is 0 Å². The molecule has 0 rings (SSSR count). The first-order chi connectivity index (χ1) is 5.81. The summed E-state index contributed by atoms with van der Waals surface area (Å²) in [4.78, 5) is 0. The highest BCUT2D eigenvalue weighted by molar-refractivity contribution is 7.89. The molecule has 13 heavy (non-hydrogen) atoms. The molecule has 3 nitrogen and oxygen atoms in total. The fraction of sp³-hybridized carbons (Fsp3) is 1.00. The molecule has 0 aromatic carbocycles. The van der Waals surface area contributed by atoms with E-state index in [1.54, 1.807) is 14.0 Å². The monoisotopic (exact) mass is 207 g/mol. The quantitative estimate of drug-likeness (QED) is 0.688. The minimum atomic E-state index is -3.01. The largest absolute Gasteiger partial charge is 0.213 e. The van der Waals surface area contributed by atoms with Crippen LogP contribution in [0.4, 0.5) is 0 Å². The minimum Gasteiger partial charge on any atom is -0.212 e. The lowest BCUT2D eigenvalue weighted by molar-refractivity contribution is 0.338. The molecular weight excluding hydrogens is 186 g/mol. The smallest absolute Gasteiger partial charge is 0.212 e. The Kier molecular flexibility index (Phi) is 4.92. The van der Waals surface area contributed by atoms with Crippen molar-refractivity contribution in [1.29, 1.82) is 0 Å². The Morgan fingerprint density at radius 1 is 1.23 bits per heavy atom. The van der Waals surface area contributed by atoms with Gasteiger partial charge in [0.1, 0.15) is 0 Å². The van der Waals surface area contributed by atoms with Gasteiger partial charge in [0.2, 0.25) is 10.0 Å². The first-order valence-electron chi connectivity index (χ1n) is 4.77. The van der Waals surface area contributed by atoms with Gasteiger partial charge in [-0.05, 0) is 26.2 Å². The van der Waals surface area contributed by atoms with Crippen LogP contribution >= 0.6 is 0 Å². The van der Waals surface area contributed by atoms with E-state index >= 15 is 0 Å². The van der Waals surface area contributed by atoms with Gasteiger partial charge < -0.3 is 0 Å². The predicted octanol–water partition coefficient (Wildman–Crippen LogP) is 1.70. The maximum atomic E-state index is 11.4. The second-order valence-corrected chi connectivity index (χ2v) is 6.21. The van der Waals surface area contributed by atoms with Crippen LogP contribution in [-0.4, -0.2) is 31.6 Å². The average Bonchev–Trinajstić information content (AvgIpc) is 2.01. The van der Waals surface area contributed by atoms with Gasteiger partial charge in [0.05, 0.1) is 5.75 Å². The Morgan fingerprint density at radius 2 is 1.69 bits per heavy atom. The number of sulfonamides is 1. The van der Waals surface area contributed by atoms with Crippen LogP contribution in [0, 0.1) is 5.92 Å². The molecule has 4 heteroatoms. The molecule has 0 spiro atoms. The van der Waals surface area contributed by atoms with E-state index in [1.807, 2.05) is 6.92 Å². The fourth-order valence-corrected chi connectivity index (χ4v) is 2.35. The van der Waals surface area contributed by atoms with Crippen LogP contribution in [-0.2, 0) is 10.0 Å². The molecule has 0 aliphatic heterocycles. The Bertz CT molecular complexity index is 234. The van der Waals surface area contributed by atoms with Crippen LogP contribution in [0.5, 0.6) is 0 Å². The average molecular weight is 207 g/mol. The normalized spacial score (nSPS) is 15.3. The van der Waals surface area contributed by atoms with Crippen LogP contribution in [0.3, 0.4) is 0 Å². The van der Waals surface area contributed by atoms with Crippen LogP contribution in [0.25, 0.3) is 0 Å². The van der Waals surface area contributed by atoms with Crippen molar-refractivity contribution in [2.45, 2.75) is 40.2 Å². The number of hydrogen-bond donors (Lipinski definition) is 0. The molecule has 0 aromatic rings. The van der Waals surface area contributed by atoms with E-state index < -0.39 is 10.0 Å². The summed E-state index contributed by atoms with van der Waals surface area (Å²) in [6, 6.07) is 0.102. The van der Waals surface area contributed by atoms with Crippen molar-refractivity contribution in [2.24, 2.45) is 5.92 Å². The Labute approximate surface area is 82.2 Å². The maximum Gasteiger partial charge on any atom is 0.213 e. The Balaban J connectivity index is 4.34. The van der Waals surface area contributed by atoms with Crippen molar-refractivity contribution in [3.05, 3.63) is 0 Å². The molecule has 0 amide bonds. The van der Waals surface area contributed by atoms with Gasteiger partial charge >= 0.3 is 0 Å². The van der Waals surface area contributed by atoms with Crippen molar-refractivity contribution in [3.63, 3.8) is 0 Å². The summed E-state index contributed by atoms with van der Waals surface area (Å²) < 4.78 is 24.4. The zero-order chi connectivity index (χ0) is 10.6. The second kappa shape index (κ2) is 4.96. The molecular formula is C9H21NO2S. The molecule has 0 fully saturated rings.